The molecule has 13 heteroatoms. The smallest absolute Gasteiger partial charge is 0.397 e. The van der Waals surface area contributed by atoms with Crippen molar-refractivity contribution in [2.75, 3.05) is 26.4 Å². The van der Waals surface area contributed by atoms with Crippen LogP contribution >= 0.6 is 0 Å². The highest BCUT2D eigenvalue weighted by molar-refractivity contribution is 7.80. The topological polar surface area (TPSA) is 178 Å². The third-order valence-electron chi connectivity index (χ3n) is 14.1. The van der Waals surface area contributed by atoms with Crippen LogP contribution in [-0.4, -0.2) is 97.5 Å². The molecule has 422 valence electrons. The van der Waals surface area contributed by atoms with Crippen LogP contribution < -0.4 is 0 Å². The molecule has 1 saturated heterocycles. The number of aliphatic hydroxyl groups excluding tert-OH is 3. The Labute approximate surface area is 436 Å². The van der Waals surface area contributed by atoms with Crippen LogP contribution in [0.2, 0.25) is 0 Å². The van der Waals surface area contributed by atoms with Crippen LogP contribution in [-0.2, 0) is 38.3 Å². The molecule has 0 spiro atoms. The number of allylic oxidation sites excluding steroid dienone is 2. The maximum absolute atomic E-state index is 13.0. The van der Waals surface area contributed by atoms with Gasteiger partial charge in [0, 0.05) is 13.0 Å². The quantitative estimate of drug-likeness (QED) is 0.0196. The fraction of sp³-hybridized carbons (Fsp3) is 0.948. The monoisotopic (exact) mass is 1030 g/mol. The fourth-order valence-corrected chi connectivity index (χ4v) is 10.1. The summed E-state index contributed by atoms with van der Waals surface area (Å²) in [6.45, 7) is 4.06. The summed E-state index contributed by atoms with van der Waals surface area (Å²) in [6, 6.07) is 0. The maximum atomic E-state index is 13.0. The summed E-state index contributed by atoms with van der Waals surface area (Å²) in [7, 11) is -5.06. The molecule has 0 saturated carbocycles. The first kappa shape index (κ1) is 67.9. The van der Waals surface area contributed by atoms with E-state index in [4.69, 9.17) is 18.9 Å². The Morgan fingerprint density at radius 1 is 0.521 bits per heavy atom. The van der Waals surface area contributed by atoms with Gasteiger partial charge in [0.05, 0.1) is 19.8 Å². The second-order valence-corrected chi connectivity index (χ2v) is 22.0. The van der Waals surface area contributed by atoms with Crippen LogP contribution in [0.5, 0.6) is 0 Å². The number of hydrogen-bond acceptors (Lipinski definition) is 11. The van der Waals surface area contributed by atoms with Crippen LogP contribution in [0.3, 0.4) is 0 Å². The van der Waals surface area contributed by atoms with Gasteiger partial charge >= 0.3 is 16.4 Å². The molecule has 0 aliphatic carbocycles. The van der Waals surface area contributed by atoms with Crippen molar-refractivity contribution in [2.24, 2.45) is 0 Å². The van der Waals surface area contributed by atoms with E-state index in [-0.39, 0.29) is 19.6 Å². The number of rotatable bonds is 54. The Hall–Kier alpha value is -1.16. The molecule has 1 heterocycles. The molecular formula is C58H112O12S. The highest BCUT2D eigenvalue weighted by atomic mass is 32.3. The lowest BCUT2D eigenvalue weighted by molar-refractivity contribution is -0.301. The molecule has 0 bridgehead atoms. The SMILES string of the molecule is CCCCCCCC/C=C\CCCCCCCCCCCCOCC(COC1OC(CO)C(O)C(OS(=O)(=O)O)C1O)OC(=O)CCCCCCCCCCCCCCCCCCCCCCCCCC. The zero-order valence-corrected chi connectivity index (χ0v) is 46.6. The van der Waals surface area contributed by atoms with Gasteiger partial charge in [-0.2, -0.15) is 8.42 Å². The molecule has 71 heavy (non-hydrogen) atoms. The van der Waals surface area contributed by atoms with Crippen LogP contribution in [0.15, 0.2) is 12.2 Å². The maximum Gasteiger partial charge on any atom is 0.397 e. The Kier molecular flexibility index (Phi) is 47.5. The van der Waals surface area contributed by atoms with Gasteiger partial charge in [-0.25, -0.2) is 4.18 Å². The number of unbranched alkanes of at least 4 members (excludes halogenated alkanes) is 39. The Morgan fingerprint density at radius 3 is 1.27 bits per heavy atom. The summed E-state index contributed by atoms with van der Waals surface area (Å²) in [5.74, 6) is -0.391. The zero-order chi connectivity index (χ0) is 51.7. The largest absolute Gasteiger partial charge is 0.457 e. The van der Waals surface area contributed by atoms with E-state index in [1.165, 1.54) is 225 Å². The molecule has 12 nitrogen and oxygen atoms in total. The molecular weight excluding hydrogens is 921 g/mol. The van der Waals surface area contributed by atoms with E-state index in [2.05, 4.69) is 30.2 Å². The minimum Gasteiger partial charge on any atom is -0.457 e. The predicted molar refractivity (Wildman–Crippen MR) is 290 cm³/mol. The van der Waals surface area contributed by atoms with Gasteiger partial charge in [-0.05, 0) is 38.5 Å². The number of aliphatic hydroxyl groups is 3. The highest BCUT2D eigenvalue weighted by Crippen LogP contribution is 2.26. The first-order valence-electron chi connectivity index (χ1n) is 29.9. The molecule has 0 radical (unpaired) electrons. The van der Waals surface area contributed by atoms with E-state index < -0.39 is 59.8 Å². The van der Waals surface area contributed by atoms with Crippen LogP contribution in [0.4, 0.5) is 0 Å². The van der Waals surface area contributed by atoms with E-state index in [1.807, 2.05) is 0 Å². The van der Waals surface area contributed by atoms with Gasteiger partial charge < -0.3 is 34.3 Å². The summed E-state index contributed by atoms with van der Waals surface area (Å²) < 4.78 is 59.5. The normalized spacial score (nSPS) is 19.0. The first-order chi connectivity index (χ1) is 34.6. The van der Waals surface area contributed by atoms with Crippen molar-refractivity contribution in [3.8, 4) is 0 Å². The molecule has 6 unspecified atom stereocenters. The number of carbonyl (C=O) groups excluding carboxylic acids is 1. The third kappa shape index (κ3) is 42.7. The second-order valence-electron chi connectivity index (χ2n) is 20.9. The molecule has 0 aromatic rings. The molecule has 1 aliphatic rings. The number of esters is 1. The molecule has 0 amide bonds. The van der Waals surface area contributed by atoms with E-state index in [1.54, 1.807) is 0 Å². The van der Waals surface area contributed by atoms with Crippen molar-refractivity contribution in [1.29, 1.82) is 0 Å². The summed E-state index contributed by atoms with van der Waals surface area (Å²) >= 11 is 0. The van der Waals surface area contributed by atoms with Gasteiger partial charge in [-0.1, -0.05) is 257 Å². The molecule has 1 fully saturated rings. The van der Waals surface area contributed by atoms with Gasteiger partial charge in [0.25, 0.3) is 0 Å². The van der Waals surface area contributed by atoms with Gasteiger partial charge in [-0.3, -0.25) is 9.35 Å². The molecule has 4 N–H and O–H groups in total. The van der Waals surface area contributed by atoms with Crippen LogP contribution in [0.1, 0.15) is 290 Å². The Balaban J connectivity index is 2.26. The molecule has 6 atom stereocenters. The van der Waals surface area contributed by atoms with Gasteiger partial charge in [0.2, 0.25) is 0 Å². The molecule has 0 aromatic carbocycles. The van der Waals surface area contributed by atoms with Crippen molar-refractivity contribution in [3.63, 3.8) is 0 Å². The number of carbonyl (C=O) groups is 1. The van der Waals surface area contributed by atoms with Crippen LogP contribution in [0.25, 0.3) is 0 Å². The van der Waals surface area contributed by atoms with E-state index in [0.29, 0.717) is 13.0 Å². The van der Waals surface area contributed by atoms with Gasteiger partial charge in [0.15, 0.2) is 6.29 Å². The number of ether oxygens (including phenoxy) is 4. The summed E-state index contributed by atoms with van der Waals surface area (Å²) in [4.78, 5) is 13.0. The second kappa shape index (κ2) is 49.7. The lowest BCUT2D eigenvalue weighted by atomic mass is 9.99. The fourth-order valence-electron chi connectivity index (χ4n) is 9.61. The van der Waals surface area contributed by atoms with Crippen molar-refractivity contribution < 1.29 is 56.2 Å². The average Bonchev–Trinajstić information content (AvgIpc) is 3.35. The highest BCUT2D eigenvalue weighted by Gasteiger charge is 2.48. The van der Waals surface area contributed by atoms with E-state index >= 15 is 0 Å². The lowest BCUT2D eigenvalue weighted by Gasteiger charge is -2.41. The van der Waals surface area contributed by atoms with Crippen molar-refractivity contribution in [3.05, 3.63) is 12.2 Å². The minimum absolute atomic E-state index is 0.0416. The van der Waals surface area contributed by atoms with Crippen molar-refractivity contribution >= 4 is 16.4 Å². The van der Waals surface area contributed by atoms with Crippen LogP contribution in [0, 0.1) is 0 Å². The Bertz CT molecular complexity index is 1280. The lowest BCUT2D eigenvalue weighted by Crippen LogP contribution is -2.60. The molecule has 0 aromatic heterocycles. The minimum atomic E-state index is -5.06. The Morgan fingerprint density at radius 2 is 0.887 bits per heavy atom. The van der Waals surface area contributed by atoms with Gasteiger partial charge in [-0.15, -0.1) is 0 Å². The van der Waals surface area contributed by atoms with E-state index in [0.717, 1.165) is 38.5 Å². The van der Waals surface area contributed by atoms with Crippen molar-refractivity contribution in [2.45, 2.75) is 327 Å². The predicted octanol–water partition coefficient (Wildman–Crippen LogP) is 14.9. The summed E-state index contributed by atoms with van der Waals surface area (Å²) in [5.41, 5.74) is 0. The summed E-state index contributed by atoms with van der Waals surface area (Å²) in [6.07, 6.45) is 49.7. The average molecular weight is 1030 g/mol. The zero-order valence-electron chi connectivity index (χ0n) is 45.8. The molecule has 1 aliphatic heterocycles. The first-order valence-corrected chi connectivity index (χ1v) is 31.3. The van der Waals surface area contributed by atoms with Crippen molar-refractivity contribution in [1.82, 2.24) is 0 Å². The standard InChI is InChI=1S/C58H112O12S/c1-3-5-7-9-11-13-15-17-19-21-23-25-26-27-28-29-31-33-35-37-39-41-43-45-47-54(60)68-52(51-67-58-56(62)57(70-71(63,64)65)55(61)53(49-59)69-58)50-66-48-46-44-42-40-38-36-34-32-30-24-22-20-18-16-14-12-10-8-6-4-2/h18,20,52-53,55-59,61-62H,3-17,19,21-51H2,1-2H3,(H,63,64,65)/b20-18-. The molecule has 1 rings (SSSR count). The summed E-state index contributed by atoms with van der Waals surface area (Å²) in [5, 5.41) is 30.9. The third-order valence-corrected chi connectivity index (χ3v) is 14.6. The van der Waals surface area contributed by atoms with E-state index in [9.17, 15) is 33.1 Å². The van der Waals surface area contributed by atoms with Gasteiger partial charge in [0.1, 0.15) is 30.5 Å². The number of hydrogen-bond donors (Lipinski definition) is 4.